The first-order chi connectivity index (χ1) is 9.19. The van der Waals surface area contributed by atoms with Gasteiger partial charge in [-0.15, -0.1) is 0 Å². The van der Waals surface area contributed by atoms with Gasteiger partial charge in [0.05, 0.1) is 13.5 Å². The number of rotatable bonds is 5. The molecular formula is C12H18N4O3. The molecule has 1 saturated heterocycles. The van der Waals surface area contributed by atoms with Crippen LogP contribution < -0.4 is 9.64 Å². The van der Waals surface area contributed by atoms with Gasteiger partial charge in [0.15, 0.2) is 0 Å². The van der Waals surface area contributed by atoms with Crippen molar-refractivity contribution in [2.75, 3.05) is 44.7 Å². The predicted molar refractivity (Wildman–Crippen MR) is 69.5 cm³/mol. The molecule has 0 radical (unpaired) electrons. The third-order valence-electron chi connectivity index (χ3n) is 3.17. The van der Waals surface area contributed by atoms with Crippen molar-refractivity contribution in [3.8, 4) is 5.88 Å². The molecule has 1 aromatic heterocycles. The van der Waals surface area contributed by atoms with E-state index in [1.165, 1.54) is 6.33 Å². The highest BCUT2D eigenvalue weighted by Crippen LogP contribution is 2.17. The average molecular weight is 266 g/mol. The van der Waals surface area contributed by atoms with Crippen LogP contribution in [0.4, 0.5) is 5.82 Å². The molecule has 1 fully saturated rings. The smallest absolute Gasteiger partial charge is 0.304 e. The van der Waals surface area contributed by atoms with Crippen LogP contribution in [0.2, 0.25) is 0 Å². The Morgan fingerprint density at radius 1 is 1.37 bits per heavy atom. The number of aliphatic carboxylic acids is 1. The largest absolute Gasteiger partial charge is 0.481 e. The van der Waals surface area contributed by atoms with E-state index in [0.717, 1.165) is 32.0 Å². The van der Waals surface area contributed by atoms with Gasteiger partial charge in [0.1, 0.15) is 12.1 Å². The third kappa shape index (κ3) is 3.78. The fourth-order valence-electron chi connectivity index (χ4n) is 2.07. The highest BCUT2D eigenvalue weighted by Gasteiger charge is 2.18. The van der Waals surface area contributed by atoms with E-state index >= 15 is 0 Å². The molecule has 1 aromatic rings. The van der Waals surface area contributed by atoms with Crippen molar-refractivity contribution in [1.82, 2.24) is 14.9 Å². The van der Waals surface area contributed by atoms with Crippen LogP contribution in [0.1, 0.15) is 6.42 Å². The van der Waals surface area contributed by atoms with E-state index in [-0.39, 0.29) is 6.42 Å². The first-order valence-electron chi connectivity index (χ1n) is 6.24. The Morgan fingerprint density at radius 3 is 2.74 bits per heavy atom. The lowest BCUT2D eigenvalue weighted by atomic mass is 10.3. The lowest BCUT2D eigenvalue weighted by Crippen LogP contribution is -2.47. The highest BCUT2D eigenvalue weighted by molar-refractivity contribution is 5.66. The molecule has 0 bridgehead atoms. The van der Waals surface area contributed by atoms with E-state index in [0.29, 0.717) is 12.4 Å². The zero-order valence-electron chi connectivity index (χ0n) is 10.9. The van der Waals surface area contributed by atoms with Crippen LogP contribution in [0.15, 0.2) is 12.4 Å². The van der Waals surface area contributed by atoms with Crippen LogP contribution in [0, 0.1) is 0 Å². The van der Waals surface area contributed by atoms with Crippen molar-refractivity contribution in [3.05, 3.63) is 12.4 Å². The van der Waals surface area contributed by atoms with Crippen molar-refractivity contribution in [2.45, 2.75) is 6.42 Å². The maximum Gasteiger partial charge on any atom is 0.304 e. The summed E-state index contributed by atoms with van der Waals surface area (Å²) in [4.78, 5) is 23.1. The Kier molecular flexibility index (Phi) is 4.51. The monoisotopic (exact) mass is 266 g/mol. The Labute approximate surface area is 111 Å². The Balaban J connectivity index is 1.87. The van der Waals surface area contributed by atoms with Gasteiger partial charge >= 0.3 is 5.97 Å². The summed E-state index contributed by atoms with van der Waals surface area (Å²) < 4.78 is 5.08. The maximum atomic E-state index is 10.5. The first-order valence-corrected chi connectivity index (χ1v) is 6.24. The molecule has 1 aliphatic heterocycles. The van der Waals surface area contributed by atoms with Crippen LogP contribution >= 0.6 is 0 Å². The average Bonchev–Trinajstić information content (AvgIpc) is 2.45. The van der Waals surface area contributed by atoms with E-state index in [2.05, 4.69) is 19.8 Å². The van der Waals surface area contributed by atoms with Gasteiger partial charge in [0, 0.05) is 38.8 Å². The van der Waals surface area contributed by atoms with Gasteiger partial charge in [-0.25, -0.2) is 9.97 Å². The minimum absolute atomic E-state index is 0.196. The van der Waals surface area contributed by atoms with Gasteiger partial charge in [-0.2, -0.15) is 0 Å². The summed E-state index contributed by atoms with van der Waals surface area (Å²) in [7, 11) is 1.58. The number of methoxy groups -OCH3 is 1. The lowest BCUT2D eigenvalue weighted by molar-refractivity contribution is -0.137. The minimum Gasteiger partial charge on any atom is -0.481 e. The Bertz CT molecular complexity index is 433. The second kappa shape index (κ2) is 6.33. The number of carboxylic acid groups (broad SMARTS) is 1. The van der Waals surface area contributed by atoms with Gasteiger partial charge in [-0.3, -0.25) is 9.69 Å². The minimum atomic E-state index is -0.747. The number of carbonyl (C=O) groups is 1. The Hall–Kier alpha value is -1.89. The summed E-state index contributed by atoms with van der Waals surface area (Å²) in [6.07, 6.45) is 1.69. The van der Waals surface area contributed by atoms with E-state index in [9.17, 15) is 4.79 Å². The highest BCUT2D eigenvalue weighted by atomic mass is 16.5. The first kappa shape index (κ1) is 13.5. The predicted octanol–water partition coefficient (Wildman–Crippen LogP) is 0.0819. The van der Waals surface area contributed by atoms with Gasteiger partial charge in [0.2, 0.25) is 5.88 Å². The van der Waals surface area contributed by atoms with Crippen molar-refractivity contribution in [2.24, 2.45) is 0 Å². The summed E-state index contributed by atoms with van der Waals surface area (Å²) in [5.74, 6) is 0.658. The number of nitrogens with zero attached hydrogens (tertiary/aromatic N) is 4. The van der Waals surface area contributed by atoms with Crippen molar-refractivity contribution in [1.29, 1.82) is 0 Å². The SMILES string of the molecule is COc1cc(N2CCN(CCC(=O)O)CC2)ncn1. The van der Waals surface area contributed by atoms with Crippen LogP contribution in [-0.2, 0) is 4.79 Å². The molecule has 7 nitrogen and oxygen atoms in total. The van der Waals surface area contributed by atoms with Gasteiger partial charge in [0.25, 0.3) is 0 Å². The fourth-order valence-corrected chi connectivity index (χ4v) is 2.07. The fraction of sp³-hybridized carbons (Fsp3) is 0.583. The molecule has 2 heterocycles. The van der Waals surface area contributed by atoms with Crippen molar-refractivity contribution in [3.63, 3.8) is 0 Å². The van der Waals surface area contributed by atoms with Gasteiger partial charge in [-0.05, 0) is 0 Å². The second-order valence-corrected chi connectivity index (χ2v) is 4.39. The summed E-state index contributed by atoms with van der Waals surface area (Å²) in [6.45, 7) is 3.97. The zero-order chi connectivity index (χ0) is 13.7. The lowest BCUT2D eigenvalue weighted by Gasteiger charge is -2.35. The molecule has 19 heavy (non-hydrogen) atoms. The summed E-state index contributed by atoms with van der Waals surface area (Å²) in [6, 6.07) is 1.81. The molecule has 0 amide bonds. The molecule has 0 saturated carbocycles. The molecular weight excluding hydrogens is 248 g/mol. The van der Waals surface area contributed by atoms with Crippen LogP contribution in [0.5, 0.6) is 5.88 Å². The normalized spacial score (nSPS) is 16.4. The Morgan fingerprint density at radius 2 is 2.11 bits per heavy atom. The van der Waals surface area contributed by atoms with E-state index < -0.39 is 5.97 Å². The topological polar surface area (TPSA) is 78.8 Å². The molecule has 0 aliphatic carbocycles. The number of ether oxygens (including phenoxy) is 1. The van der Waals surface area contributed by atoms with Crippen molar-refractivity contribution < 1.29 is 14.6 Å². The quantitative estimate of drug-likeness (QED) is 0.808. The zero-order valence-corrected chi connectivity index (χ0v) is 10.9. The number of carboxylic acids is 1. The summed E-state index contributed by atoms with van der Waals surface area (Å²) >= 11 is 0. The van der Waals surface area contributed by atoms with Crippen molar-refractivity contribution >= 4 is 11.8 Å². The standard InChI is InChI=1S/C12H18N4O3/c1-19-11-8-10(13-9-14-11)16-6-4-15(5-7-16)3-2-12(17)18/h8-9H,2-7H2,1H3,(H,17,18). The molecule has 1 aliphatic rings. The molecule has 7 heteroatoms. The second-order valence-electron chi connectivity index (χ2n) is 4.39. The number of hydrogen-bond donors (Lipinski definition) is 1. The molecule has 0 unspecified atom stereocenters. The van der Waals surface area contributed by atoms with Gasteiger partial charge < -0.3 is 14.7 Å². The molecule has 0 aromatic carbocycles. The summed E-state index contributed by atoms with van der Waals surface area (Å²) in [5.41, 5.74) is 0. The number of anilines is 1. The number of aromatic nitrogens is 2. The van der Waals surface area contributed by atoms with E-state index in [4.69, 9.17) is 9.84 Å². The molecule has 0 atom stereocenters. The van der Waals surface area contributed by atoms with Crippen LogP contribution in [0.3, 0.4) is 0 Å². The van der Waals surface area contributed by atoms with E-state index in [1.54, 1.807) is 7.11 Å². The number of piperazine rings is 1. The van der Waals surface area contributed by atoms with E-state index in [1.807, 2.05) is 6.07 Å². The van der Waals surface area contributed by atoms with Gasteiger partial charge in [-0.1, -0.05) is 0 Å². The number of hydrogen-bond acceptors (Lipinski definition) is 6. The molecule has 104 valence electrons. The maximum absolute atomic E-state index is 10.5. The van der Waals surface area contributed by atoms with Crippen LogP contribution in [0.25, 0.3) is 0 Å². The molecule has 2 rings (SSSR count). The molecule has 1 N–H and O–H groups in total. The third-order valence-corrected chi connectivity index (χ3v) is 3.17. The molecule has 0 spiro atoms. The van der Waals surface area contributed by atoms with Crippen LogP contribution in [-0.4, -0.2) is 65.8 Å². The summed E-state index contributed by atoms with van der Waals surface area (Å²) in [5, 5.41) is 8.66.